The number of amides is 1. The molecule has 0 aromatic heterocycles. The Morgan fingerprint density at radius 2 is 1.71 bits per heavy atom. The lowest BCUT2D eigenvalue weighted by Gasteiger charge is -2.25. The van der Waals surface area contributed by atoms with Gasteiger partial charge in [-0.05, 0) is 50.4 Å². The summed E-state index contributed by atoms with van der Waals surface area (Å²) in [5, 5.41) is 0. The number of nitrogens with two attached hydrogens (primary N) is 1. The Morgan fingerprint density at radius 1 is 1.12 bits per heavy atom. The van der Waals surface area contributed by atoms with Crippen LogP contribution in [-0.2, 0) is 6.54 Å². The highest BCUT2D eigenvalue weighted by atomic mass is 16.2. The summed E-state index contributed by atoms with van der Waals surface area (Å²) in [7, 11) is 1.85. The fourth-order valence-corrected chi connectivity index (χ4v) is 2.64. The van der Waals surface area contributed by atoms with Crippen LogP contribution in [-0.4, -0.2) is 47.9 Å². The van der Waals surface area contributed by atoms with Gasteiger partial charge in [0.2, 0.25) is 0 Å². The minimum absolute atomic E-state index is 0.0636. The first-order chi connectivity index (χ1) is 11.3. The highest BCUT2D eigenvalue weighted by Gasteiger charge is 2.15. The molecular formula is C20H35N3O. The SMILES string of the molecule is CCN(Cc1ccc(C(=O)N(C)CCC(N)C(C)C)cc1)C(C)C. The Bertz CT molecular complexity index is 496. The summed E-state index contributed by atoms with van der Waals surface area (Å²) in [4.78, 5) is 16.7. The lowest BCUT2D eigenvalue weighted by Crippen LogP contribution is -2.34. The van der Waals surface area contributed by atoms with Gasteiger partial charge in [0.25, 0.3) is 5.91 Å². The van der Waals surface area contributed by atoms with Gasteiger partial charge in [0, 0.05) is 37.8 Å². The van der Waals surface area contributed by atoms with Crippen molar-refractivity contribution in [1.82, 2.24) is 9.80 Å². The normalized spacial score (nSPS) is 12.9. The Morgan fingerprint density at radius 3 is 2.17 bits per heavy atom. The fourth-order valence-electron chi connectivity index (χ4n) is 2.64. The predicted molar refractivity (Wildman–Crippen MR) is 102 cm³/mol. The van der Waals surface area contributed by atoms with Crippen LogP contribution in [0.1, 0.15) is 57.0 Å². The zero-order valence-corrected chi connectivity index (χ0v) is 16.2. The Kier molecular flexibility index (Phi) is 8.43. The van der Waals surface area contributed by atoms with Crippen molar-refractivity contribution in [1.29, 1.82) is 0 Å². The van der Waals surface area contributed by atoms with Gasteiger partial charge in [-0.25, -0.2) is 0 Å². The first-order valence-electron chi connectivity index (χ1n) is 9.10. The van der Waals surface area contributed by atoms with Crippen molar-refractivity contribution in [3.05, 3.63) is 35.4 Å². The summed E-state index contributed by atoms with van der Waals surface area (Å²) in [6.45, 7) is 13.4. The van der Waals surface area contributed by atoms with E-state index < -0.39 is 0 Å². The second-order valence-electron chi connectivity index (χ2n) is 7.28. The predicted octanol–water partition coefficient (Wildman–Crippen LogP) is 3.36. The fraction of sp³-hybridized carbons (Fsp3) is 0.650. The van der Waals surface area contributed by atoms with E-state index in [-0.39, 0.29) is 11.9 Å². The summed E-state index contributed by atoms with van der Waals surface area (Å²) < 4.78 is 0. The smallest absolute Gasteiger partial charge is 0.253 e. The standard InChI is InChI=1S/C20H35N3O/c1-7-23(16(4)5)14-17-8-10-18(11-9-17)20(24)22(6)13-12-19(21)15(2)3/h8-11,15-16,19H,7,12-14,21H2,1-6H3. The summed E-state index contributed by atoms with van der Waals surface area (Å²) in [6, 6.07) is 8.65. The van der Waals surface area contributed by atoms with E-state index in [1.54, 1.807) is 4.90 Å². The van der Waals surface area contributed by atoms with Crippen LogP contribution in [0.5, 0.6) is 0 Å². The zero-order chi connectivity index (χ0) is 18.3. The van der Waals surface area contributed by atoms with Gasteiger partial charge >= 0.3 is 0 Å². The molecule has 0 heterocycles. The molecule has 0 fully saturated rings. The second-order valence-corrected chi connectivity index (χ2v) is 7.28. The molecule has 1 aromatic rings. The van der Waals surface area contributed by atoms with Crippen LogP contribution in [0.3, 0.4) is 0 Å². The Labute approximate surface area is 148 Å². The number of benzene rings is 1. The van der Waals surface area contributed by atoms with E-state index in [4.69, 9.17) is 5.73 Å². The van der Waals surface area contributed by atoms with Crippen molar-refractivity contribution in [3.8, 4) is 0 Å². The highest BCUT2D eigenvalue weighted by molar-refractivity contribution is 5.94. The van der Waals surface area contributed by atoms with Crippen LogP contribution in [0.15, 0.2) is 24.3 Å². The van der Waals surface area contributed by atoms with Crippen molar-refractivity contribution in [3.63, 3.8) is 0 Å². The van der Waals surface area contributed by atoms with Crippen molar-refractivity contribution >= 4 is 5.91 Å². The van der Waals surface area contributed by atoms with Gasteiger partial charge in [0.1, 0.15) is 0 Å². The molecule has 0 bridgehead atoms. The van der Waals surface area contributed by atoms with E-state index in [1.165, 1.54) is 5.56 Å². The Hall–Kier alpha value is -1.39. The van der Waals surface area contributed by atoms with Crippen LogP contribution in [0.25, 0.3) is 0 Å². The summed E-state index contributed by atoms with van der Waals surface area (Å²) in [6.07, 6.45) is 0.831. The van der Waals surface area contributed by atoms with Gasteiger partial charge in [-0.2, -0.15) is 0 Å². The molecule has 4 nitrogen and oxygen atoms in total. The maximum absolute atomic E-state index is 12.5. The van der Waals surface area contributed by atoms with Crippen LogP contribution in [0.2, 0.25) is 0 Å². The van der Waals surface area contributed by atoms with E-state index in [2.05, 4.69) is 51.7 Å². The quantitative estimate of drug-likeness (QED) is 0.754. The van der Waals surface area contributed by atoms with Crippen LogP contribution >= 0.6 is 0 Å². The van der Waals surface area contributed by atoms with Gasteiger partial charge in [0.05, 0.1) is 0 Å². The first-order valence-corrected chi connectivity index (χ1v) is 9.10. The monoisotopic (exact) mass is 333 g/mol. The molecule has 1 atom stereocenters. The average molecular weight is 334 g/mol. The molecule has 136 valence electrons. The third-order valence-corrected chi connectivity index (χ3v) is 4.72. The number of carbonyl (C=O) groups excluding carboxylic acids is 1. The molecule has 1 unspecified atom stereocenters. The van der Waals surface area contributed by atoms with E-state index in [0.29, 0.717) is 18.5 Å². The molecule has 0 radical (unpaired) electrons. The van der Waals surface area contributed by atoms with Gasteiger partial charge in [-0.15, -0.1) is 0 Å². The highest BCUT2D eigenvalue weighted by Crippen LogP contribution is 2.12. The van der Waals surface area contributed by atoms with Crippen molar-refractivity contribution < 1.29 is 4.79 Å². The molecule has 2 N–H and O–H groups in total. The van der Waals surface area contributed by atoms with E-state index in [9.17, 15) is 4.79 Å². The minimum Gasteiger partial charge on any atom is -0.342 e. The molecule has 0 saturated heterocycles. The second kappa shape index (κ2) is 9.80. The Balaban J connectivity index is 2.62. The largest absolute Gasteiger partial charge is 0.342 e. The molecule has 1 rings (SSSR count). The number of hydrogen-bond donors (Lipinski definition) is 1. The van der Waals surface area contributed by atoms with Crippen molar-refractivity contribution in [2.75, 3.05) is 20.1 Å². The molecule has 0 aliphatic carbocycles. The van der Waals surface area contributed by atoms with E-state index in [0.717, 1.165) is 25.1 Å². The van der Waals surface area contributed by atoms with Crippen LogP contribution in [0, 0.1) is 5.92 Å². The zero-order valence-electron chi connectivity index (χ0n) is 16.2. The van der Waals surface area contributed by atoms with E-state index in [1.807, 2.05) is 19.2 Å². The molecule has 1 aromatic carbocycles. The van der Waals surface area contributed by atoms with Gasteiger partial charge in [-0.3, -0.25) is 9.69 Å². The number of nitrogens with zero attached hydrogens (tertiary/aromatic N) is 2. The van der Waals surface area contributed by atoms with E-state index >= 15 is 0 Å². The summed E-state index contributed by atoms with van der Waals surface area (Å²) in [5.41, 5.74) is 8.05. The lowest BCUT2D eigenvalue weighted by molar-refractivity contribution is 0.0789. The van der Waals surface area contributed by atoms with Crippen LogP contribution < -0.4 is 5.73 Å². The maximum Gasteiger partial charge on any atom is 0.253 e. The molecule has 4 heteroatoms. The van der Waals surface area contributed by atoms with Gasteiger partial charge in [-0.1, -0.05) is 32.9 Å². The van der Waals surface area contributed by atoms with Gasteiger partial charge < -0.3 is 10.6 Å². The van der Waals surface area contributed by atoms with Gasteiger partial charge in [0.15, 0.2) is 0 Å². The molecule has 0 aliphatic heterocycles. The third-order valence-electron chi connectivity index (χ3n) is 4.72. The van der Waals surface area contributed by atoms with Crippen molar-refractivity contribution in [2.45, 2.75) is 59.7 Å². The summed E-state index contributed by atoms with van der Waals surface area (Å²) in [5.74, 6) is 0.504. The molecule has 24 heavy (non-hydrogen) atoms. The molecule has 1 amide bonds. The lowest BCUT2D eigenvalue weighted by atomic mass is 10.0. The van der Waals surface area contributed by atoms with Crippen molar-refractivity contribution in [2.24, 2.45) is 11.7 Å². The number of hydrogen-bond acceptors (Lipinski definition) is 3. The third kappa shape index (κ3) is 6.25. The molecule has 0 spiro atoms. The number of carbonyl (C=O) groups is 1. The molecule has 0 aliphatic rings. The molecular weight excluding hydrogens is 298 g/mol. The summed E-state index contributed by atoms with van der Waals surface area (Å²) >= 11 is 0. The first kappa shape index (κ1) is 20.7. The maximum atomic E-state index is 12.5. The minimum atomic E-state index is 0.0636. The average Bonchev–Trinajstić information content (AvgIpc) is 2.56. The number of rotatable bonds is 9. The van der Waals surface area contributed by atoms with Crippen LogP contribution in [0.4, 0.5) is 0 Å². The molecule has 0 saturated carbocycles. The topological polar surface area (TPSA) is 49.6 Å².